The van der Waals surface area contributed by atoms with Crippen molar-refractivity contribution in [1.82, 2.24) is 20.5 Å². The monoisotopic (exact) mass is 249 g/mol. The summed E-state index contributed by atoms with van der Waals surface area (Å²) in [4.78, 5) is 16.1. The van der Waals surface area contributed by atoms with Crippen molar-refractivity contribution in [3.63, 3.8) is 0 Å². The average molecular weight is 249 g/mol. The average Bonchev–Trinajstić information content (AvgIpc) is 2.85. The van der Waals surface area contributed by atoms with E-state index in [-0.39, 0.29) is 17.8 Å². The lowest BCUT2D eigenvalue weighted by Crippen LogP contribution is -2.27. The maximum atomic E-state index is 12.0. The number of hydrogen-bond acceptors (Lipinski definition) is 5. The zero-order valence-electron chi connectivity index (χ0n) is 10.4. The normalized spacial score (nSPS) is 12.4. The Hall–Kier alpha value is -2.31. The van der Waals surface area contributed by atoms with E-state index in [9.17, 15) is 4.79 Å². The van der Waals surface area contributed by atoms with E-state index in [2.05, 4.69) is 20.5 Å². The Bertz CT molecular complexity index is 552. The number of carbonyl (C=O) groups excluding carboxylic acids is 1. The molecule has 7 heteroatoms. The van der Waals surface area contributed by atoms with Gasteiger partial charge in [0, 0.05) is 5.69 Å². The van der Waals surface area contributed by atoms with Crippen LogP contribution in [0.1, 0.15) is 40.7 Å². The molecule has 4 N–H and O–H groups in total. The van der Waals surface area contributed by atoms with E-state index < -0.39 is 0 Å². The van der Waals surface area contributed by atoms with Gasteiger partial charge in [-0.05, 0) is 20.8 Å². The van der Waals surface area contributed by atoms with Gasteiger partial charge in [-0.3, -0.25) is 9.89 Å². The van der Waals surface area contributed by atoms with Crippen molar-refractivity contribution in [2.75, 3.05) is 5.73 Å². The number of rotatable bonds is 3. The van der Waals surface area contributed by atoms with E-state index in [1.54, 1.807) is 27.0 Å². The SMILES string of the molecule is Cc1cnc(C(C)NC(=O)c2c(N)n[nH]c2C)o1. The van der Waals surface area contributed by atoms with Crippen LogP contribution in [-0.4, -0.2) is 21.1 Å². The zero-order valence-corrected chi connectivity index (χ0v) is 10.4. The van der Waals surface area contributed by atoms with E-state index in [1.807, 2.05) is 0 Å². The van der Waals surface area contributed by atoms with Crippen LogP contribution >= 0.6 is 0 Å². The van der Waals surface area contributed by atoms with Crippen LogP contribution in [0.5, 0.6) is 0 Å². The molecule has 0 radical (unpaired) electrons. The number of aryl methyl sites for hydroxylation is 2. The molecule has 0 aromatic carbocycles. The fourth-order valence-electron chi connectivity index (χ4n) is 1.64. The number of nitrogen functional groups attached to an aromatic ring is 1. The number of H-pyrrole nitrogens is 1. The van der Waals surface area contributed by atoms with Crippen LogP contribution in [0.15, 0.2) is 10.6 Å². The molecule has 1 atom stereocenters. The molecule has 0 fully saturated rings. The molecule has 0 aliphatic carbocycles. The number of anilines is 1. The van der Waals surface area contributed by atoms with Crippen LogP contribution in [0, 0.1) is 13.8 Å². The van der Waals surface area contributed by atoms with Crippen molar-refractivity contribution >= 4 is 11.7 Å². The van der Waals surface area contributed by atoms with Crippen molar-refractivity contribution in [3.05, 3.63) is 29.1 Å². The van der Waals surface area contributed by atoms with Gasteiger partial charge in [0.05, 0.1) is 6.20 Å². The molecule has 7 nitrogen and oxygen atoms in total. The van der Waals surface area contributed by atoms with E-state index >= 15 is 0 Å². The van der Waals surface area contributed by atoms with Crippen LogP contribution in [-0.2, 0) is 0 Å². The largest absolute Gasteiger partial charge is 0.444 e. The fourth-order valence-corrected chi connectivity index (χ4v) is 1.64. The first kappa shape index (κ1) is 12.2. The van der Waals surface area contributed by atoms with Gasteiger partial charge in [0.2, 0.25) is 5.89 Å². The number of nitrogens with one attached hydrogen (secondary N) is 2. The summed E-state index contributed by atoms with van der Waals surface area (Å²) in [5.74, 6) is 1.04. The third-order valence-electron chi connectivity index (χ3n) is 2.56. The molecule has 2 aromatic rings. The highest BCUT2D eigenvalue weighted by Gasteiger charge is 2.20. The van der Waals surface area contributed by atoms with Crippen LogP contribution in [0.2, 0.25) is 0 Å². The molecule has 1 amide bonds. The second-order valence-electron chi connectivity index (χ2n) is 4.11. The molecule has 0 aliphatic heterocycles. The number of aromatic nitrogens is 3. The highest BCUT2D eigenvalue weighted by Crippen LogP contribution is 2.16. The summed E-state index contributed by atoms with van der Waals surface area (Å²) >= 11 is 0. The summed E-state index contributed by atoms with van der Waals surface area (Å²) in [6.07, 6.45) is 1.61. The Morgan fingerprint density at radius 1 is 1.56 bits per heavy atom. The Kier molecular flexibility index (Phi) is 3.05. The molecule has 0 aliphatic rings. The quantitative estimate of drug-likeness (QED) is 0.754. The Balaban J connectivity index is 2.13. The molecule has 1 unspecified atom stereocenters. The Morgan fingerprint density at radius 3 is 2.78 bits per heavy atom. The van der Waals surface area contributed by atoms with Gasteiger partial charge in [-0.1, -0.05) is 0 Å². The number of nitrogens with zero attached hydrogens (tertiary/aromatic N) is 2. The summed E-state index contributed by atoms with van der Waals surface area (Å²) in [5.41, 5.74) is 6.60. The molecule has 2 heterocycles. The first-order valence-corrected chi connectivity index (χ1v) is 5.52. The molecule has 0 saturated heterocycles. The Morgan fingerprint density at radius 2 is 2.28 bits per heavy atom. The number of oxazole rings is 1. The maximum Gasteiger partial charge on any atom is 0.257 e. The number of aromatic amines is 1. The van der Waals surface area contributed by atoms with Crippen LogP contribution < -0.4 is 11.1 Å². The fraction of sp³-hybridized carbons (Fsp3) is 0.364. The zero-order chi connectivity index (χ0) is 13.3. The van der Waals surface area contributed by atoms with Crippen molar-refractivity contribution in [3.8, 4) is 0 Å². The molecular weight excluding hydrogens is 234 g/mol. The van der Waals surface area contributed by atoms with Gasteiger partial charge in [0.25, 0.3) is 5.91 Å². The molecule has 0 bridgehead atoms. The smallest absolute Gasteiger partial charge is 0.257 e. The van der Waals surface area contributed by atoms with E-state index in [1.165, 1.54) is 0 Å². The predicted octanol–water partition coefficient (Wildman–Crippen LogP) is 1.09. The van der Waals surface area contributed by atoms with Crippen molar-refractivity contribution < 1.29 is 9.21 Å². The third-order valence-corrected chi connectivity index (χ3v) is 2.56. The van der Waals surface area contributed by atoms with Crippen molar-refractivity contribution in [2.24, 2.45) is 0 Å². The standard InChI is InChI=1S/C11H15N5O2/c1-5-4-13-11(18-5)7(3)14-10(17)8-6(2)15-16-9(8)12/h4,7H,1-3H3,(H,14,17)(H3,12,15,16). The van der Waals surface area contributed by atoms with Gasteiger partial charge in [-0.25, -0.2) is 4.98 Å². The molecule has 96 valence electrons. The first-order chi connectivity index (χ1) is 8.49. The molecule has 0 saturated carbocycles. The maximum absolute atomic E-state index is 12.0. The highest BCUT2D eigenvalue weighted by molar-refractivity contribution is 5.99. The minimum Gasteiger partial charge on any atom is -0.444 e. The molecule has 0 spiro atoms. The summed E-state index contributed by atoms with van der Waals surface area (Å²) < 4.78 is 5.34. The van der Waals surface area contributed by atoms with Gasteiger partial charge < -0.3 is 15.5 Å². The van der Waals surface area contributed by atoms with E-state index in [4.69, 9.17) is 10.2 Å². The lowest BCUT2D eigenvalue weighted by Gasteiger charge is -2.10. The van der Waals surface area contributed by atoms with E-state index in [0.717, 1.165) is 0 Å². The lowest BCUT2D eigenvalue weighted by molar-refractivity contribution is 0.0934. The molecule has 18 heavy (non-hydrogen) atoms. The summed E-state index contributed by atoms with van der Waals surface area (Å²) in [6, 6.07) is -0.333. The van der Waals surface area contributed by atoms with Gasteiger partial charge >= 0.3 is 0 Å². The molecular formula is C11H15N5O2. The summed E-state index contributed by atoms with van der Waals surface area (Å²) in [6.45, 7) is 5.32. The van der Waals surface area contributed by atoms with Crippen LogP contribution in [0.25, 0.3) is 0 Å². The van der Waals surface area contributed by atoms with Gasteiger partial charge in [0.15, 0.2) is 5.82 Å². The highest BCUT2D eigenvalue weighted by atomic mass is 16.4. The molecule has 2 aromatic heterocycles. The molecule has 2 rings (SSSR count). The second kappa shape index (κ2) is 4.52. The van der Waals surface area contributed by atoms with Crippen LogP contribution in [0.3, 0.4) is 0 Å². The minimum atomic E-state index is -0.333. The summed E-state index contributed by atoms with van der Waals surface area (Å²) in [7, 11) is 0. The van der Waals surface area contributed by atoms with Crippen LogP contribution in [0.4, 0.5) is 5.82 Å². The van der Waals surface area contributed by atoms with Gasteiger partial charge in [0.1, 0.15) is 17.4 Å². The number of carbonyl (C=O) groups is 1. The topological polar surface area (TPSA) is 110 Å². The van der Waals surface area contributed by atoms with Gasteiger partial charge in [-0.2, -0.15) is 5.10 Å². The minimum absolute atomic E-state index is 0.181. The third kappa shape index (κ3) is 2.20. The summed E-state index contributed by atoms with van der Waals surface area (Å²) in [5, 5.41) is 9.19. The predicted molar refractivity (Wildman–Crippen MR) is 64.9 cm³/mol. The number of hydrogen-bond donors (Lipinski definition) is 3. The van der Waals surface area contributed by atoms with Gasteiger partial charge in [-0.15, -0.1) is 0 Å². The second-order valence-corrected chi connectivity index (χ2v) is 4.11. The first-order valence-electron chi connectivity index (χ1n) is 5.52. The van der Waals surface area contributed by atoms with E-state index in [0.29, 0.717) is 22.9 Å². The Labute approximate surface area is 104 Å². The lowest BCUT2D eigenvalue weighted by atomic mass is 10.2. The van der Waals surface area contributed by atoms with Crippen molar-refractivity contribution in [2.45, 2.75) is 26.8 Å². The number of nitrogens with two attached hydrogens (primary N) is 1. The van der Waals surface area contributed by atoms with Crippen molar-refractivity contribution in [1.29, 1.82) is 0 Å². The number of amides is 1.